The molecular weight excluding hydrogens is 191 g/mol. The van der Waals surface area contributed by atoms with Crippen LogP contribution in [0.4, 0.5) is 4.39 Å². The van der Waals surface area contributed by atoms with Gasteiger partial charge in [0.05, 0.1) is 5.88 Å². The Morgan fingerprint density at radius 3 is 2.77 bits per heavy atom. The first kappa shape index (κ1) is 10.2. The highest BCUT2D eigenvalue weighted by Gasteiger charge is 2.04. The summed E-state index contributed by atoms with van der Waals surface area (Å²) < 4.78 is 13.0. The molecule has 0 aliphatic carbocycles. The largest absolute Gasteiger partial charge is 0.298 e. The number of carbonyl (C=O) groups excluding carboxylic acids is 1. The maximum Gasteiger partial charge on any atom is 0.151 e. The Morgan fingerprint density at radius 2 is 2.23 bits per heavy atom. The third kappa shape index (κ3) is 2.81. The summed E-state index contributed by atoms with van der Waals surface area (Å²) in [6.45, 7) is 1.68. The molecule has 0 amide bonds. The summed E-state index contributed by atoms with van der Waals surface area (Å²) in [7, 11) is 0. The summed E-state index contributed by atoms with van der Waals surface area (Å²) in [6, 6.07) is 4.77. The van der Waals surface area contributed by atoms with Crippen molar-refractivity contribution in [2.75, 3.05) is 5.88 Å². The zero-order chi connectivity index (χ0) is 9.84. The molecule has 1 aromatic rings. The molecule has 0 aliphatic rings. The Hall–Kier alpha value is -0.890. The molecule has 0 saturated heterocycles. The molecule has 0 aliphatic heterocycles. The number of hydrogen-bond donors (Lipinski definition) is 0. The van der Waals surface area contributed by atoms with E-state index in [-0.39, 0.29) is 23.9 Å². The number of hydrogen-bond acceptors (Lipinski definition) is 1. The molecule has 0 aromatic heterocycles. The molecule has 0 spiro atoms. The fourth-order valence-corrected chi connectivity index (χ4v) is 1.12. The van der Waals surface area contributed by atoms with Crippen molar-refractivity contribution in [1.29, 1.82) is 0 Å². The van der Waals surface area contributed by atoms with Gasteiger partial charge in [-0.25, -0.2) is 4.39 Å². The third-order valence-electron chi connectivity index (χ3n) is 1.79. The molecule has 0 heterocycles. The molecule has 1 rings (SSSR count). The summed E-state index contributed by atoms with van der Waals surface area (Å²) >= 11 is 5.33. The molecule has 0 saturated carbocycles. The van der Waals surface area contributed by atoms with Crippen LogP contribution in [-0.4, -0.2) is 11.7 Å². The zero-order valence-electron chi connectivity index (χ0n) is 7.31. The first-order valence-corrected chi connectivity index (χ1v) is 4.49. The molecule has 13 heavy (non-hydrogen) atoms. The van der Waals surface area contributed by atoms with E-state index in [0.717, 1.165) is 0 Å². The topological polar surface area (TPSA) is 17.1 Å². The lowest BCUT2D eigenvalue weighted by Gasteiger charge is -2.00. The SMILES string of the molecule is Cc1ccc(CC(=O)CCl)cc1F. The Morgan fingerprint density at radius 1 is 1.54 bits per heavy atom. The first-order chi connectivity index (χ1) is 6.13. The Kier molecular flexibility index (Phi) is 3.43. The van der Waals surface area contributed by atoms with Gasteiger partial charge in [-0.05, 0) is 24.1 Å². The Balaban J connectivity index is 2.79. The minimum Gasteiger partial charge on any atom is -0.298 e. The molecule has 1 nitrogen and oxygen atoms in total. The van der Waals surface area contributed by atoms with Gasteiger partial charge < -0.3 is 0 Å². The lowest BCUT2D eigenvalue weighted by molar-refractivity contribution is -0.116. The quantitative estimate of drug-likeness (QED) is 0.686. The van der Waals surface area contributed by atoms with Crippen LogP contribution >= 0.6 is 11.6 Å². The molecule has 0 N–H and O–H groups in total. The van der Waals surface area contributed by atoms with Crippen molar-refractivity contribution in [1.82, 2.24) is 0 Å². The van der Waals surface area contributed by atoms with E-state index in [0.29, 0.717) is 11.1 Å². The number of Topliss-reactive ketones (excluding diaryl/α,β-unsaturated/α-hetero) is 1. The van der Waals surface area contributed by atoms with Crippen LogP contribution in [-0.2, 0) is 11.2 Å². The van der Waals surface area contributed by atoms with Crippen LogP contribution in [0.2, 0.25) is 0 Å². The normalized spacial score (nSPS) is 10.1. The van der Waals surface area contributed by atoms with Gasteiger partial charge in [-0.1, -0.05) is 12.1 Å². The average Bonchev–Trinajstić information content (AvgIpc) is 2.11. The third-order valence-corrected chi connectivity index (χ3v) is 2.08. The number of benzene rings is 1. The molecule has 0 unspecified atom stereocenters. The lowest BCUT2D eigenvalue weighted by Crippen LogP contribution is -2.04. The molecule has 0 fully saturated rings. The molecule has 0 atom stereocenters. The van der Waals surface area contributed by atoms with Gasteiger partial charge in [-0.2, -0.15) is 0 Å². The summed E-state index contributed by atoms with van der Waals surface area (Å²) in [5.41, 5.74) is 1.26. The minimum atomic E-state index is -0.278. The summed E-state index contributed by atoms with van der Waals surface area (Å²) in [5.74, 6) is -0.389. The van der Waals surface area contributed by atoms with Gasteiger partial charge in [0.25, 0.3) is 0 Å². The Bertz CT molecular complexity index is 323. The standard InChI is InChI=1S/C10H10ClFO/c1-7-2-3-8(5-10(7)12)4-9(13)6-11/h2-3,5H,4,6H2,1H3. The van der Waals surface area contributed by atoms with Gasteiger partial charge in [0.1, 0.15) is 5.82 Å². The first-order valence-electron chi connectivity index (χ1n) is 3.96. The second-order valence-corrected chi connectivity index (χ2v) is 3.20. The predicted molar refractivity (Wildman–Crippen MR) is 50.6 cm³/mol. The van der Waals surface area contributed by atoms with E-state index < -0.39 is 0 Å². The van der Waals surface area contributed by atoms with Gasteiger partial charge in [-0.3, -0.25) is 4.79 Å². The van der Waals surface area contributed by atoms with Gasteiger partial charge in [-0.15, -0.1) is 11.6 Å². The van der Waals surface area contributed by atoms with E-state index in [1.165, 1.54) is 6.07 Å². The fraction of sp³-hybridized carbons (Fsp3) is 0.300. The molecule has 3 heteroatoms. The van der Waals surface area contributed by atoms with E-state index >= 15 is 0 Å². The van der Waals surface area contributed by atoms with Crippen molar-refractivity contribution in [2.45, 2.75) is 13.3 Å². The molecule has 0 bridgehead atoms. The number of halogens is 2. The van der Waals surface area contributed by atoms with Crippen molar-refractivity contribution in [3.63, 3.8) is 0 Å². The number of ketones is 1. The predicted octanol–water partition coefficient (Wildman–Crippen LogP) is 2.48. The molecule has 1 aromatic carbocycles. The fourth-order valence-electron chi connectivity index (χ4n) is 1.02. The monoisotopic (exact) mass is 200 g/mol. The molecular formula is C10H10ClFO. The van der Waals surface area contributed by atoms with Crippen LogP contribution in [0.5, 0.6) is 0 Å². The number of aryl methyl sites for hydroxylation is 1. The minimum absolute atomic E-state index is 0.0184. The molecule has 70 valence electrons. The lowest BCUT2D eigenvalue weighted by atomic mass is 10.1. The second-order valence-electron chi connectivity index (χ2n) is 2.93. The highest BCUT2D eigenvalue weighted by atomic mass is 35.5. The highest BCUT2D eigenvalue weighted by molar-refractivity contribution is 6.27. The average molecular weight is 201 g/mol. The van der Waals surface area contributed by atoms with Crippen molar-refractivity contribution in [2.24, 2.45) is 0 Å². The second kappa shape index (κ2) is 4.38. The number of alkyl halides is 1. The van der Waals surface area contributed by atoms with Crippen molar-refractivity contribution >= 4 is 17.4 Å². The van der Waals surface area contributed by atoms with E-state index in [4.69, 9.17) is 11.6 Å². The van der Waals surface area contributed by atoms with Crippen LogP contribution in [0.1, 0.15) is 11.1 Å². The summed E-state index contributed by atoms with van der Waals surface area (Å²) in [6.07, 6.45) is 0.209. The maximum absolute atomic E-state index is 13.0. The van der Waals surface area contributed by atoms with E-state index in [2.05, 4.69) is 0 Å². The summed E-state index contributed by atoms with van der Waals surface area (Å²) in [4.78, 5) is 10.9. The van der Waals surface area contributed by atoms with Crippen molar-refractivity contribution in [3.8, 4) is 0 Å². The van der Waals surface area contributed by atoms with E-state index in [1.54, 1.807) is 19.1 Å². The smallest absolute Gasteiger partial charge is 0.151 e. The van der Waals surface area contributed by atoms with Crippen molar-refractivity contribution in [3.05, 3.63) is 35.1 Å². The van der Waals surface area contributed by atoms with Gasteiger partial charge in [0.15, 0.2) is 5.78 Å². The van der Waals surface area contributed by atoms with Gasteiger partial charge in [0.2, 0.25) is 0 Å². The van der Waals surface area contributed by atoms with E-state index in [9.17, 15) is 9.18 Å². The number of carbonyl (C=O) groups is 1. The Labute approximate surface area is 81.5 Å². The van der Waals surface area contributed by atoms with Crippen LogP contribution < -0.4 is 0 Å². The molecule has 0 radical (unpaired) electrons. The maximum atomic E-state index is 13.0. The van der Waals surface area contributed by atoms with E-state index in [1.807, 2.05) is 0 Å². The van der Waals surface area contributed by atoms with Gasteiger partial charge >= 0.3 is 0 Å². The van der Waals surface area contributed by atoms with Crippen LogP contribution in [0, 0.1) is 12.7 Å². The summed E-state index contributed by atoms with van der Waals surface area (Å²) in [5, 5.41) is 0. The van der Waals surface area contributed by atoms with Crippen LogP contribution in [0.3, 0.4) is 0 Å². The zero-order valence-corrected chi connectivity index (χ0v) is 8.07. The van der Waals surface area contributed by atoms with Crippen LogP contribution in [0.25, 0.3) is 0 Å². The number of rotatable bonds is 3. The van der Waals surface area contributed by atoms with Crippen molar-refractivity contribution < 1.29 is 9.18 Å². The van der Waals surface area contributed by atoms with Crippen LogP contribution in [0.15, 0.2) is 18.2 Å². The van der Waals surface area contributed by atoms with Gasteiger partial charge in [0, 0.05) is 6.42 Å². The highest BCUT2D eigenvalue weighted by Crippen LogP contribution is 2.10.